The summed E-state index contributed by atoms with van der Waals surface area (Å²) in [7, 11) is 0. The summed E-state index contributed by atoms with van der Waals surface area (Å²) < 4.78 is 37.1. The van der Waals surface area contributed by atoms with Crippen LogP contribution in [0.4, 0.5) is 19.0 Å². The molecule has 1 aromatic heterocycles. The molecule has 0 amide bonds. The highest BCUT2D eigenvalue weighted by Crippen LogP contribution is 2.28. The molecular weight excluding hydrogens is 283 g/mol. The number of aromatic hydroxyl groups is 1. The Morgan fingerprint density at radius 1 is 1.14 bits per heavy atom. The summed E-state index contributed by atoms with van der Waals surface area (Å²) in [6.07, 6.45) is -3.66. The summed E-state index contributed by atoms with van der Waals surface area (Å²) in [5.41, 5.74) is 3.15. The molecule has 0 bridgehead atoms. The van der Waals surface area contributed by atoms with E-state index in [-0.39, 0.29) is 11.6 Å². The molecule has 110 valence electrons. The highest BCUT2D eigenvalue weighted by molar-refractivity contribution is 5.99. The van der Waals surface area contributed by atoms with Gasteiger partial charge in [-0.1, -0.05) is 0 Å². The van der Waals surface area contributed by atoms with Crippen molar-refractivity contribution in [3.63, 3.8) is 0 Å². The molecule has 0 saturated carbocycles. The van der Waals surface area contributed by atoms with Crippen molar-refractivity contribution >= 4 is 11.5 Å². The largest absolute Gasteiger partial charge is 0.508 e. The van der Waals surface area contributed by atoms with Gasteiger partial charge < -0.3 is 5.11 Å². The minimum absolute atomic E-state index is 0.143. The standard InChI is InChI=1S/C14H12F3N3O/c1-9(10-2-5-12(21)6-3-10)19-20-13-7-4-11(8-18-13)14(15,16)17/h2-8,21H,1H3,(H,18,20). The average molecular weight is 295 g/mol. The van der Waals surface area contributed by atoms with Crippen molar-refractivity contribution in [2.45, 2.75) is 13.1 Å². The van der Waals surface area contributed by atoms with Crippen LogP contribution in [0.2, 0.25) is 0 Å². The third-order valence-electron chi connectivity index (χ3n) is 2.71. The number of hydrazone groups is 1. The van der Waals surface area contributed by atoms with Crippen LogP contribution in [-0.2, 0) is 6.18 Å². The second-order valence-electron chi connectivity index (χ2n) is 4.29. The van der Waals surface area contributed by atoms with Gasteiger partial charge in [-0.25, -0.2) is 4.98 Å². The Morgan fingerprint density at radius 2 is 1.81 bits per heavy atom. The van der Waals surface area contributed by atoms with Gasteiger partial charge in [0.25, 0.3) is 0 Å². The van der Waals surface area contributed by atoms with E-state index in [1.807, 2.05) is 0 Å². The third kappa shape index (κ3) is 3.95. The molecule has 1 aromatic carbocycles. The van der Waals surface area contributed by atoms with Gasteiger partial charge >= 0.3 is 6.18 Å². The summed E-state index contributed by atoms with van der Waals surface area (Å²) in [5.74, 6) is 0.352. The lowest BCUT2D eigenvalue weighted by molar-refractivity contribution is -0.137. The fourth-order valence-electron chi connectivity index (χ4n) is 1.54. The van der Waals surface area contributed by atoms with Crippen LogP contribution in [0.25, 0.3) is 0 Å². The van der Waals surface area contributed by atoms with Crippen molar-refractivity contribution in [2.24, 2.45) is 5.10 Å². The molecule has 0 spiro atoms. The van der Waals surface area contributed by atoms with E-state index in [9.17, 15) is 18.3 Å². The number of phenolic OH excluding ortho intramolecular Hbond substituents is 1. The number of nitrogens with one attached hydrogen (secondary N) is 1. The predicted octanol–water partition coefficient (Wildman–Crippen LogP) is 3.64. The van der Waals surface area contributed by atoms with Crippen LogP contribution in [-0.4, -0.2) is 15.8 Å². The Bertz CT molecular complexity index is 634. The number of hydrogen-bond donors (Lipinski definition) is 2. The molecule has 0 aliphatic carbocycles. The first-order chi connectivity index (χ1) is 9.86. The zero-order valence-electron chi connectivity index (χ0n) is 11.0. The zero-order valence-corrected chi connectivity index (χ0v) is 11.0. The summed E-state index contributed by atoms with van der Waals surface area (Å²) in [6.45, 7) is 1.73. The molecule has 0 atom stereocenters. The summed E-state index contributed by atoms with van der Waals surface area (Å²) in [5, 5.41) is 13.2. The Balaban J connectivity index is 2.08. The number of nitrogens with zero attached hydrogens (tertiary/aromatic N) is 2. The number of pyridine rings is 1. The van der Waals surface area contributed by atoms with Crippen molar-refractivity contribution in [1.29, 1.82) is 0 Å². The third-order valence-corrected chi connectivity index (χ3v) is 2.71. The number of rotatable bonds is 3. The Morgan fingerprint density at radius 3 is 2.33 bits per heavy atom. The number of alkyl halides is 3. The van der Waals surface area contributed by atoms with Crippen molar-refractivity contribution in [3.05, 3.63) is 53.7 Å². The average Bonchev–Trinajstić information content (AvgIpc) is 2.45. The van der Waals surface area contributed by atoms with E-state index >= 15 is 0 Å². The van der Waals surface area contributed by atoms with Crippen LogP contribution < -0.4 is 5.43 Å². The van der Waals surface area contributed by atoms with Gasteiger partial charge in [-0.05, 0) is 48.9 Å². The first-order valence-corrected chi connectivity index (χ1v) is 5.99. The highest BCUT2D eigenvalue weighted by atomic mass is 19.4. The number of phenols is 1. The summed E-state index contributed by atoms with van der Waals surface area (Å²) in [6, 6.07) is 8.53. The highest BCUT2D eigenvalue weighted by Gasteiger charge is 2.30. The van der Waals surface area contributed by atoms with Crippen molar-refractivity contribution in [1.82, 2.24) is 4.98 Å². The molecule has 1 heterocycles. The van der Waals surface area contributed by atoms with E-state index in [1.54, 1.807) is 19.1 Å². The quantitative estimate of drug-likeness (QED) is 0.671. The molecule has 0 unspecified atom stereocenters. The van der Waals surface area contributed by atoms with Crippen LogP contribution in [0.15, 0.2) is 47.7 Å². The van der Waals surface area contributed by atoms with Crippen LogP contribution in [0.1, 0.15) is 18.1 Å². The lowest BCUT2D eigenvalue weighted by atomic mass is 10.1. The smallest absolute Gasteiger partial charge is 0.417 e. The molecule has 0 fully saturated rings. The Labute approximate surface area is 119 Å². The van der Waals surface area contributed by atoms with E-state index in [1.165, 1.54) is 18.2 Å². The SMILES string of the molecule is CC(=NNc1ccc(C(F)(F)F)cn1)c1ccc(O)cc1. The van der Waals surface area contributed by atoms with Gasteiger partial charge in [0.15, 0.2) is 0 Å². The molecule has 2 aromatic rings. The minimum Gasteiger partial charge on any atom is -0.508 e. The van der Waals surface area contributed by atoms with Crippen molar-refractivity contribution in [3.8, 4) is 5.75 Å². The Hall–Kier alpha value is -2.57. The second-order valence-corrected chi connectivity index (χ2v) is 4.29. The van der Waals surface area contributed by atoms with E-state index in [0.717, 1.165) is 17.8 Å². The zero-order chi connectivity index (χ0) is 15.5. The summed E-state index contributed by atoms with van der Waals surface area (Å²) >= 11 is 0. The normalized spacial score (nSPS) is 12.3. The molecular formula is C14H12F3N3O. The first-order valence-electron chi connectivity index (χ1n) is 5.99. The lowest BCUT2D eigenvalue weighted by Gasteiger charge is -2.07. The minimum atomic E-state index is -4.41. The molecule has 21 heavy (non-hydrogen) atoms. The van der Waals surface area contributed by atoms with Crippen molar-refractivity contribution in [2.75, 3.05) is 5.43 Å². The van der Waals surface area contributed by atoms with Crippen LogP contribution in [0.3, 0.4) is 0 Å². The predicted molar refractivity (Wildman–Crippen MR) is 73.2 cm³/mol. The number of hydrogen-bond acceptors (Lipinski definition) is 4. The maximum atomic E-state index is 12.4. The maximum Gasteiger partial charge on any atom is 0.417 e. The monoisotopic (exact) mass is 295 g/mol. The van der Waals surface area contributed by atoms with Gasteiger partial charge in [0.05, 0.1) is 11.3 Å². The molecule has 0 radical (unpaired) electrons. The van der Waals surface area contributed by atoms with Gasteiger partial charge in [0.2, 0.25) is 0 Å². The topological polar surface area (TPSA) is 57.5 Å². The molecule has 0 aliphatic rings. The second kappa shape index (κ2) is 5.82. The molecule has 2 N–H and O–H groups in total. The lowest BCUT2D eigenvalue weighted by Crippen LogP contribution is -2.06. The number of halogens is 3. The van der Waals surface area contributed by atoms with Gasteiger partial charge in [-0.15, -0.1) is 0 Å². The van der Waals surface area contributed by atoms with Gasteiger partial charge in [0.1, 0.15) is 11.6 Å². The van der Waals surface area contributed by atoms with Crippen molar-refractivity contribution < 1.29 is 18.3 Å². The van der Waals surface area contributed by atoms with E-state index in [2.05, 4.69) is 15.5 Å². The first kappa shape index (κ1) is 14.8. The molecule has 7 heteroatoms. The van der Waals surface area contributed by atoms with E-state index in [4.69, 9.17) is 0 Å². The van der Waals surface area contributed by atoms with Crippen LogP contribution in [0.5, 0.6) is 5.75 Å². The number of anilines is 1. The maximum absolute atomic E-state index is 12.4. The van der Waals surface area contributed by atoms with Crippen LogP contribution >= 0.6 is 0 Å². The summed E-state index contributed by atoms with van der Waals surface area (Å²) in [4.78, 5) is 3.65. The van der Waals surface area contributed by atoms with E-state index < -0.39 is 11.7 Å². The fourth-order valence-corrected chi connectivity index (χ4v) is 1.54. The fraction of sp³-hybridized carbons (Fsp3) is 0.143. The van der Waals surface area contributed by atoms with E-state index in [0.29, 0.717) is 5.71 Å². The van der Waals surface area contributed by atoms with Gasteiger partial charge in [-0.3, -0.25) is 5.43 Å². The van der Waals surface area contributed by atoms with Gasteiger partial charge in [0, 0.05) is 6.20 Å². The van der Waals surface area contributed by atoms with Gasteiger partial charge in [-0.2, -0.15) is 18.3 Å². The van der Waals surface area contributed by atoms with Crippen LogP contribution in [0, 0.1) is 0 Å². The number of aromatic nitrogens is 1. The molecule has 2 rings (SSSR count). The molecule has 0 aliphatic heterocycles. The molecule has 0 saturated heterocycles. The molecule has 4 nitrogen and oxygen atoms in total. The Kier molecular flexibility index (Phi) is 4.11. The number of benzene rings is 1.